The van der Waals surface area contributed by atoms with Gasteiger partial charge in [0.1, 0.15) is 0 Å². The lowest BCUT2D eigenvalue weighted by Gasteiger charge is -2.34. The van der Waals surface area contributed by atoms with Crippen molar-refractivity contribution in [3.63, 3.8) is 0 Å². The summed E-state index contributed by atoms with van der Waals surface area (Å²) in [5.41, 5.74) is 4.50. The number of nitrogens with one attached hydrogen (secondary N) is 1. The molecule has 0 unspecified atom stereocenters. The predicted octanol–water partition coefficient (Wildman–Crippen LogP) is 4.98. The number of piperazine rings is 1. The molecule has 1 fully saturated rings. The number of hydrogen-bond donors (Lipinski definition) is 1. The van der Waals surface area contributed by atoms with E-state index in [1.165, 1.54) is 11.1 Å². The molecule has 0 aromatic heterocycles. The van der Waals surface area contributed by atoms with Gasteiger partial charge >= 0.3 is 6.03 Å². The smallest absolute Gasteiger partial charge is 0.321 e. The Morgan fingerprint density at radius 1 is 1.04 bits per heavy atom. The summed E-state index contributed by atoms with van der Waals surface area (Å²) in [4.78, 5) is 17.1. The molecule has 1 N–H and O–H groups in total. The topological polar surface area (TPSA) is 35.6 Å². The molecular weight excluding hydrogens is 346 g/mol. The third kappa shape index (κ3) is 5.23. The molecule has 4 heteroatoms. The van der Waals surface area contributed by atoms with Gasteiger partial charge in [-0.3, -0.25) is 4.90 Å². The first-order valence-electron chi connectivity index (χ1n) is 10.1. The van der Waals surface area contributed by atoms with E-state index in [1.807, 2.05) is 11.0 Å². The SMILES string of the molecule is Cc1cccc(C(C)C)c1NC(=O)N1CCN(C/C=C/c2ccccc2)CC1. The highest BCUT2D eigenvalue weighted by atomic mass is 16.2. The Labute approximate surface area is 168 Å². The van der Waals surface area contributed by atoms with E-state index in [1.54, 1.807) is 0 Å². The Hall–Kier alpha value is -2.59. The number of rotatable bonds is 5. The Kier molecular flexibility index (Phi) is 6.88. The van der Waals surface area contributed by atoms with Crippen LogP contribution in [0.1, 0.15) is 36.5 Å². The third-order valence-electron chi connectivity index (χ3n) is 5.29. The molecule has 2 amide bonds. The fourth-order valence-electron chi connectivity index (χ4n) is 3.56. The zero-order chi connectivity index (χ0) is 19.9. The minimum Gasteiger partial charge on any atom is -0.322 e. The molecule has 1 aliphatic rings. The minimum atomic E-state index is 0.00989. The normalized spacial score (nSPS) is 15.4. The lowest BCUT2D eigenvalue weighted by Crippen LogP contribution is -2.50. The van der Waals surface area contributed by atoms with Crippen LogP contribution in [0.15, 0.2) is 54.6 Å². The van der Waals surface area contributed by atoms with E-state index in [0.29, 0.717) is 5.92 Å². The number of nitrogens with zero attached hydrogens (tertiary/aromatic N) is 2. The highest BCUT2D eigenvalue weighted by molar-refractivity contribution is 5.91. The molecule has 2 aromatic carbocycles. The van der Waals surface area contributed by atoms with Crippen molar-refractivity contribution in [3.8, 4) is 0 Å². The molecular formula is C24H31N3O. The molecule has 0 radical (unpaired) electrons. The summed E-state index contributed by atoms with van der Waals surface area (Å²) < 4.78 is 0. The number of carbonyl (C=O) groups excluding carboxylic acids is 1. The molecule has 1 heterocycles. The maximum Gasteiger partial charge on any atom is 0.321 e. The summed E-state index contributed by atoms with van der Waals surface area (Å²) in [6.07, 6.45) is 4.36. The second-order valence-corrected chi connectivity index (χ2v) is 7.72. The van der Waals surface area contributed by atoms with Gasteiger partial charge in [-0.1, -0.05) is 74.5 Å². The molecule has 3 rings (SSSR count). The molecule has 0 atom stereocenters. The van der Waals surface area contributed by atoms with Crippen molar-refractivity contribution in [1.82, 2.24) is 9.80 Å². The molecule has 1 saturated heterocycles. The fraction of sp³-hybridized carbons (Fsp3) is 0.375. The van der Waals surface area contributed by atoms with Gasteiger partial charge in [-0.15, -0.1) is 0 Å². The standard InChI is InChI=1S/C24H31N3O/c1-19(2)22-13-7-9-20(3)23(22)25-24(28)27-17-15-26(16-18-27)14-8-12-21-10-5-4-6-11-21/h4-13,19H,14-18H2,1-3H3,(H,25,28)/b12-8+. The van der Waals surface area contributed by atoms with E-state index in [2.05, 4.69) is 85.6 Å². The first-order chi connectivity index (χ1) is 13.5. The van der Waals surface area contributed by atoms with Gasteiger partial charge in [0, 0.05) is 38.4 Å². The Balaban J connectivity index is 1.51. The molecule has 28 heavy (non-hydrogen) atoms. The van der Waals surface area contributed by atoms with Crippen LogP contribution in [0.4, 0.5) is 10.5 Å². The average molecular weight is 378 g/mol. The number of benzene rings is 2. The zero-order valence-electron chi connectivity index (χ0n) is 17.2. The number of aryl methyl sites for hydroxylation is 1. The molecule has 0 bridgehead atoms. The zero-order valence-corrected chi connectivity index (χ0v) is 17.2. The van der Waals surface area contributed by atoms with Crippen molar-refractivity contribution in [2.45, 2.75) is 26.7 Å². The first-order valence-corrected chi connectivity index (χ1v) is 10.1. The van der Waals surface area contributed by atoms with Crippen molar-refractivity contribution in [1.29, 1.82) is 0 Å². The van der Waals surface area contributed by atoms with Crippen LogP contribution in [0.5, 0.6) is 0 Å². The van der Waals surface area contributed by atoms with E-state index in [9.17, 15) is 4.79 Å². The van der Waals surface area contributed by atoms with E-state index < -0.39 is 0 Å². The number of urea groups is 1. The van der Waals surface area contributed by atoms with Gasteiger partial charge in [0.2, 0.25) is 0 Å². The van der Waals surface area contributed by atoms with E-state index in [0.717, 1.165) is 44.0 Å². The van der Waals surface area contributed by atoms with Crippen LogP contribution in [-0.2, 0) is 0 Å². The van der Waals surface area contributed by atoms with E-state index >= 15 is 0 Å². The summed E-state index contributed by atoms with van der Waals surface area (Å²) in [6, 6.07) is 16.6. The van der Waals surface area contributed by atoms with Gasteiger partial charge in [-0.05, 0) is 29.5 Å². The van der Waals surface area contributed by atoms with Crippen molar-refractivity contribution < 1.29 is 4.79 Å². The first kappa shape index (κ1) is 20.2. The highest BCUT2D eigenvalue weighted by Crippen LogP contribution is 2.27. The summed E-state index contributed by atoms with van der Waals surface area (Å²) in [6.45, 7) is 10.6. The lowest BCUT2D eigenvalue weighted by molar-refractivity contribution is 0.156. The summed E-state index contributed by atoms with van der Waals surface area (Å²) >= 11 is 0. The minimum absolute atomic E-state index is 0.00989. The fourth-order valence-corrected chi connectivity index (χ4v) is 3.56. The number of hydrogen-bond acceptors (Lipinski definition) is 2. The Morgan fingerprint density at radius 2 is 1.75 bits per heavy atom. The highest BCUT2D eigenvalue weighted by Gasteiger charge is 2.22. The summed E-state index contributed by atoms with van der Waals surface area (Å²) in [7, 11) is 0. The molecule has 0 saturated carbocycles. The molecule has 0 aliphatic carbocycles. The van der Waals surface area contributed by atoms with Crippen LogP contribution in [-0.4, -0.2) is 48.6 Å². The molecule has 0 spiro atoms. The largest absolute Gasteiger partial charge is 0.322 e. The molecule has 2 aromatic rings. The van der Waals surface area contributed by atoms with Crippen LogP contribution < -0.4 is 5.32 Å². The van der Waals surface area contributed by atoms with E-state index in [-0.39, 0.29) is 6.03 Å². The maximum atomic E-state index is 12.8. The second kappa shape index (κ2) is 9.56. The number of amides is 2. The van der Waals surface area contributed by atoms with Crippen molar-refractivity contribution >= 4 is 17.8 Å². The van der Waals surface area contributed by atoms with Crippen LogP contribution >= 0.6 is 0 Å². The van der Waals surface area contributed by atoms with Gasteiger partial charge in [0.25, 0.3) is 0 Å². The number of para-hydroxylation sites is 1. The van der Waals surface area contributed by atoms with Crippen molar-refractivity contribution in [2.24, 2.45) is 0 Å². The summed E-state index contributed by atoms with van der Waals surface area (Å²) in [5, 5.41) is 3.16. The lowest BCUT2D eigenvalue weighted by atomic mass is 9.98. The number of carbonyl (C=O) groups is 1. The van der Waals surface area contributed by atoms with Crippen LogP contribution in [0.2, 0.25) is 0 Å². The molecule has 4 nitrogen and oxygen atoms in total. The van der Waals surface area contributed by atoms with Gasteiger partial charge < -0.3 is 10.2 Å². The second-order valence-electron chi connectivity index (χ2n) is 7.72. The van der Waals surface area contributed by atoms with Gasteiger partial charge in [-0.25, -0.2) is 4.79 Å². The molecule has 148 valence electrons. The predicted molar refractivity (Wildman–Crippen MR) is 118 cm³/mol. The van der Waals surface area contributed by atoms with Gasteiger partial charge in [0.15, 0.2) is 0 Å². The van der Waals surface area contributed by atoms with Gasteiger partial charge in [-0.2, -0.15) is 0 Å². The van der Waals surface area contributed by atoms with Gasteiger partial charge in [0.05, 0.1) is 0 Å². The summed E-state index contributed by atoms with van der Waals surface area (Å²) in [5.74, 6) is 0.378. The third-order valence-corrected chi connectivity index (χ3v) is 5.29. The van der Waals surface area contributed by atoms with E-state index in [4.69, 9.17) is 0 Å². The van der Waals surface area contributed by atoms with Crippen LogP contribution in [0.25, 0.3) is 6.08 Å². The number of anilines is 1. The monoisotopic (exact) mass is 377 g/mol. The Bertz CT molecular complexity index is 806. The van der Waals surface area contributed by atoms with Crippen molar-refractivity contribution in [3.05, 3.63) is 71.3 Å². The van der Waals surface area contributed by atoms with Crippen molar-refractivity contribution in [2.75, 3.05) is 38.0 Å². The maximum absolute atomic E-state index is 12.8. The Morgan fingerprint density at radius 3 is 2.43 bits per heavy atom. The average Bonchev–Trinajstić information content (AvgIpc) is 2.70. The van der Waals surface area contributed by atoms with Crippen LogP contribution in [0, 0.1) is 6.92 Å². The van der Waals surface area contributed by atoms with Crippen LogP contribution in [0.3, 0.4) is 0 Å². The quantitative estimate of drug-likeness (QED) is 0.797. The molecule has 1 aliphatic heterocycles.